The lowest BCUT2D eigenvalue weighted by atomic mass is 10.1. The van der Waals surface area contributed by atoms with Crippen LogP contribution in [-0.4, -0.2) is 36.5 Å². The third-order valence-electron chi connectivity index (χ3n) is 3.59. The quantitative estimate of drug-likeness (QED) is 0.686. The van der Waals surface area contributed by atoms with Crippen LogP contribution in [0.15, 0.2) is 18.2 Å². The van der Waals surface area contributed by atoms with Crippen LogP contribution in [0.1, 0.15) is 12.0 Å². The Hall–Kier alpha value is -1.83. The molecule has 1 heterocycles. The summed E-state index contributed by atoms with van der Waals surface area (Å²) in [6.45, 7) is 2.19. The number of anilines is 1. The van der Waals surface area contributed by atoms with Crippen LogP contribution >= 0.6 is 0 Å². The molecule has 1 saturated heterocycles. The normalized spacial score (nSPS) is 19.7. The van der Waals surface area contributed by atoms with Gasteiger partial charge in [0, 0.05) is 30.9 Å². The Labute approximate surface area is 119 Å². The van der Waals surface area contributed by atoms with E-state index in [2.05, 4.69) is 10.2 Å². The van der Waals surface area contributed by atoms with Gasteiger partial charge in [-0.25, -0.2) is 0 Å². The van der Waals surface area contributed by atoms with Crippen molar-refractivity contribution in [2.75, 3.05) is 32.0 Å². The van der Waals surface area contributed by atoms with Crippen LogP contribution < -0.4 is 5.32 Å². The number of rotatable bonds is 4. The Kier molecular flexibility index (Phi) is 4.36. The summed E-state index contributed by atoms with van der Waals surface area (Å²) in [6.07, 6.45) is -3.70. The summed E-state index contributed by atoms with van der Waals surface area (Å²) in [7, 11) is 1.97. The van der Waals surface area contributed by atoms with Crippen LogP contribution in [0, 0.1) is 16.0 Å². The number of likely N-dealkylation sites (tertiary alicyclic amines) is 1. The van der Waals surface area contributed by atoms with Crippen molar-refractivity contribution in [2.45, 2.75) is 12.6 Å². The molecule has 8 heteroatoms. The molecular formula is C13H16F3N3O2. The van der Waals surface area contributed by atoms with E-state index in [1.54, 1.807) is 0 Å². The van der Waals surface area contributed by atoms with Crippen LogP contribution in [0.2, 0.25) is 0 Å². The van der Waals surface area contributed by atoms with E-state index in [0.29, 0.717) is 12.6 Å². The van der Waals surface area contributed by atoms with Crippen molar-refractivity contribution in [3.05, 3.63) is 33.9 Å². The number of nitro groups is 1. The molecule has 1 N–H and O–H groups in total. The van der Waals surface area contributed by atoms with Gasteiger partial charge in [-0.15, -0.1) is 0 Å². The van der Waals surface area contributed by atoms with Gasteiger partial charge in [-0.1, -0.05) is 0 Å². The van der Waals surface area contributed by atoms with E-state index >= 15 is 0 Å². The SMILES string of the molecule is CN1CCC(CNc2ccc([N+](=O)[O-])cc2C(F)(F)F)C1. The zero-order valence-electron chi connectivity index (χ0n) is 11.5. The van der Waals surface area contributed by atoms with E-state index in [9.17, 15) is 23.3 Å². The number of non-ortho nitro benzene ring substituents is 1. The monoisotopic (exact) mass is 303 g/mol. The first-order valence-corrected chi connectivity index (χ1v) is 6.55. The van der Waals surface area contributed by atoms with Crippen molar-refractivity contribution >= 4 is 11.4 Å². The van der Waals surface area contributed by atoms with E-state index in [1.807, 2.05) is 7.05 Å². The molecule has 2 rings (SSSR count). The highest BCUT2D eigenvalue weighted by atomic mass is 19.4. The molecule has 0 aliphatic carbocycles. The molecule has 1 aliphatic heterocycles. The molecule has 21 heavy (non-hydrogen) atoms. The molecule has 1 unspecified atom stereocenters. The summed E-state index contributed by atoms with van der Waals surface area (Å²) in [5, 5.41) is 13.4. The standard InChI is InChI=1S/C13H16F3N3O2/c1-18-5-4-9(8-18)7-17-12-3-2-10(19(20)21)6-11(12)13(14,15)16/h2-3,6,9,17H,4-5,7-8H2,1H3. The van der Waals surface area contributed by atoms with Crippen molar-refractivity contribution in [1.29, 1.82) is 0 Å². The van der Waals surface area contributed by atoms with Crippen LogP contribution in [0.5, 0.6) is 0 Å². The summed E-state index contributed by atoms with van der Waals surface area (Å²) in [5.74, 6) is 0.284. The Balaban J connectivity index is 2.16. The molecule has 1 atom stereocenters. The van der Waals surface area contributed by atoms with E-state index < -0.39 is 22.4 Å². The minimum absolute atomic E-state index is 0.109. The number of hydrogen-bond acceptors (Lipinski definition) is 4. The van der Waals surface area contributed by atoms with Crippen molar-refractivity contribution in [1.82, 2.24) is 4.90 Å². The van der Waals surface area contributed by atoms with Gasteiger partial charge in [0.2, 0.25) is 0 Å². The lowest BCUT2D eigenvalue weighted by Crippen LogP contribution is -2.20. The molecule has 1 aliphatic rings. The predicted octanol–water partition coefficient (Wildman–Crippen LogP) is 2.98. The molecule has 0 spiro atoms. The van der Waals surface area contributed by atoms with Gasteiger partial charge >= 0.3 is 6.18 Å². The molecule has 0 saturated carbocycles. The Morgan fingerprint density at radius 3 is 2.71 bits per heavy atom. The summed E-state index contributed by atoms with van der Waals surface area (Å²) < 4.78 is 39.0. The fourth-order valence-corrected chi connectivity index (χ4v) is 2.48. The number of benzene rings is 1. The number of alkyl halides is 3. The van der Waals surface area contributed by atoms with Crippen LogP contribution in [0.3, 0.4) is 0 Å². The molecule has 1 aromatic rings. The van der Waals surface area contributed by atoms with Gasteiger partial charge in [0.05, 0.1) is 10.5 Å². The third-order valence-corrected chi connectivity index (χ3v) is 3.59. The van der Waals surface area contributed by atoms with Crippen molar-refractivity contribution in [3.63, 3.8) is 0 Å². The fourth-order valence-electron chi connectivity index (χ4n) is 2.48. The van der Waals surface area contributed by atoms with Crippen molar-refractivity contribution in [2.24, 2.45) is 5.92 Å². The van der Waals surface area contributed by atoms with E-state index in [4.69, 9.17) is 0 Å². The van der Waals surface area contributed by atoms with Crippen LogP contribution in [-0.2, 0) is 6.18 Å². The van der Waals surface area contributed by atoms with Crippen LogP contribution in [0.25, 0.3) is 0 Å². The fraction of sp³-hybridized carbons (Fsp3) is 0.538. The van der Waals surface area contributed by atoms with Gasteiger partial charge < -0.3 is 10.2 Å². The van der Waals surface area contributed by atoms with Gasteiger partial charge in [0.25, 0.3) is 5.69 Å². The van der Waals surface area contributed by atoms with E-state index in [-0.39, 0.29) is 11.6 Å². The zero-order chi connectivity index (χ0) is 15.6. The predicted molar refractivity (Wildman–Crippen MR) is 72.2 cm³/mol. The van der Waals surface area contributed by atoms with Crippen molar-refractivity contribution < 1.29 is 18.1 Å². The molecular weight excluding hydrogens is 287 g/mol. The smallest absolute Gasteiger partial charge is 0.384 e. The lowest BCUT2D eigenvalue weighted by Gasteiger charge is -2.17. The van der Waals surface area contributed by atoms with Gasteiger partial charge in [-0.05, 0) is 32.0 Å². The van der Waals surface area contributed by atoms with E-state index in [0.717, 1.165) is 31.6 Å². The molecule has 1 fully saturated rings. The summed E-state index contributed by atoms with van der Waals surface area (Å²) in [4.78, 5) is 11.9. The third kappa shape index (κ3) is 3.84. The summed E-state index contributed by atoms with van der Waals surface area (Å²) >= 11 is 0. The summed E-state index contributed by atoms with van der Waals surface area (Å²) in [5.41, 5.74) is -1.67. The first-order valence-electron chi connectivity index (χ1n) is 6.55. The maximum absolute atomic E-state index is 13.0. The van der Waals surface area contributed by atoms with Gasteiger partial charge in [-0.2, -0.15) is 13.2 Å². The highest BCUT2D eigenvalue weighted by Crippen LogP contribution is 2.37. The Morgan fingerprint density at radius 1 is 1.48 bits per heavy atom. The number of nitro benzene ring substituents is 1. The second-order valence-corrected chi connectivity index (χ2v) is 5.28. The van der Waals surface area contributed by atoms with Gasteiger partial charge in [-0.3, -0.25) is 10.1 Å². The minimum Gasteiger partial charge on any atom is -0.384 e. The summed E-state index contributed by atoms with van der Waals surface area (Å²) in [6, 6.07) is 2.78. The molecule has 0 bridgehead atoms. The minimum atomic E-state index is -4.62. The maximum atomic E-state index is 13.0. The average Bonchev–Trinajstić information content (AvgIpc) is 2.81. The molecule has 0 aromatic heterocycles. The number of hydrogen-bond donors (Lipinski definition) is 1. The number of nitrogens with one attached hydrogen (secondary N) is 1. The topological polar surface area (TPSA) is 58.4 Å². The molecule has 0 radical (unpaired) electrons. The van der Waals surface area contributed by atoms with Gasteiger partial charge in [0.15, 0.2) is 0 Å². The lowest BCUT2D eigenvalue weighted by molar-refractivity contribution is -0.385. The maximum Gasteiger partial charge on any atom is 0.418 e. The molecule has 5 nitrogen and oxygen atoms in total. The number of halogens is 3. The second-order valence-electron chi connectivity index (χ2n) is 5.28. The molecule has 1 aromatic carbocycles. The van der Waals surface area contributed by atoms with Gasteiger partial charge in [0.1, 0.15) is 0 Å². The van der Waals surface area contributed by atoms with Crippen LogP contribution in [0.4, 0.5) is 24.5 Å². The largest absolute Gasteiger partial charge is 0.418 e. The Morgan fingerprint density at radius 2 is 2.19 bits per heavy atom. The molecule has 0 amide bonds. The first kappa shape index (κ1) is 15.6. The Bertz CT molecular complexity index is 534. The zero-order valence-corrected chi connectivity index (χ0v) is 11.5. The average molecular weight is 303 g/mol. The van der Waals surface area contributed by atoms with E-state index in [1.165, 1.54) is 0 Å². The molecule has 116 valence electrons. The number of nitrogens with zero attached hydrogens (tertiary/aromatic N) is 2. The highest BCUT2D eigenvalue weighted by molar-refractivity contribution is 5.57. The van der Waals surface area contributed by atoms with Crippen molar-refractivity contribution in [3.8, 4) is 0 Å². The highest BCUT2D eigenvalue weighted by Gasteiger charge is 2.35. The first-order chi connectivity index (χ1) is 9.77. The second kappa shape index (κ2) is 5.88.